The largest absolute Gasteiger partial charge is 0.505 e. The van der Waals surface area contributed by atoms with Crippen molar-refractivity contribution in [3.8, 4) is 0 Å². The molecule has 5 heteroatoms. The van der Waals surface area contributed by atoms with Crippen molar-refractivity contribution in [2.24, 2.45) is 0 Å². The van der Waals surface area contributed by atoms with Gasteiger partial charge in [0.15, 0.2) is 0 Å². The Hall–Kier alpha value is -2.27. The Labute approximate surface area is 129 Å². The molecule has 0 atom stereocenters. The summed E-state index contributed by atoms with van der Waals surface area (Å²) in [6, 6.07) is 8.43. The van der Waals surface area contributed by atoms with Crippen molar-refractivity contribution in [2.75, 3.05) is 13.1 Å². The molecule has 1 aromatic rings. The second kappa shape index (κ2) is 4.88. The first-order valence-corrected chi connectivity index (χ1v) is 7.60. The molecule has 0 bridgehead atoms. The van der Waals surface area contributed by atoms with Crippen LogP contribution in [0.4, 0.5) is 4.79 Å². The Bertz CT molecular complexity index is 712. The molecule has 1 aromatic carbocycles. The van der Waals surface area contributed by atoms with E-state index in [4.69, 9.17) is 4.74 Å². The number of hydrogen-bond acceptors (Lipinski definition) is 2. The van der Waals surface area contributed by atoms with Crippen LogP contribution in [-0.2, 0) is 16.9 Å². The second-order valence-corrected chi connectivity index (χ2v) is 6.04. The van der Waals surface area contributed by atoms with Gasteiger partial charge in [-0.15, -0.1) is 4.58 Å². The van der Waals surface area contributed by atoms with E-state index in [-0.39, 0.29) is 11.6 Å². The van der Waals surface area contributed by atoms with Crippen LogP contribution >= 0.6 is 0 Å². The van der Waals surface area contributed by atoms with Gasteiger partial charge in [-0.05, 0) is 24.0 Å². The first-order chi connectivity index (χ1) is 10.7. The van der Waals surface area contributed by atoms with Gasteiger partial charge in [-0.1, -0.05) is 28.8 Å². The summed E-state index contributed by atoms with van der Waals surface area (Å²) in [5.41, 5.74) is 2.39. The maximum atomic E-state index is 12.5. The number of nitrogens with zero attached hydrogens (tertiary/aromatic N) is 3. The highest BCUT2D eigenvalue weighted by Gasteiger charge is 2.45. The first-order valence-electron chi connectivity index (χ1n) is 7.60. The predicted molar refractivity (Wildman–Crippen MR) is 82.0 cm³/mol. The predicted octanol–water partition coefficient (Wildman–Crippen LogP) is 1.87. The number of piperidine rings is 1. The van der Waals surface area contributed by atoms with Gasteiger partial charge in [-0.25, -0.2) is 0 Å². The number of urea groups is 1. The maximum absolute atomic E-state index is 12.5. The van der Waals surface area contributed by atoms with E-state index >= 15 is 0 Å². The molecule has 5 nitrogen and oxygen atoms in total. The Morgan fingerprint density at radius 2 is 2.00 bits per heavy atom. The summed E-state index contributed by atoms with van der Waals surface area (Å²) in [6.07, 6.45) is 6.89. The highest BCUT2D eigenvalue weighted by atomic mass is 16.5. The van der Waals surface area contributed by atoms with E-state index in [2.05, 4.69) is 31.0 Å². The number of ether oxygens (including phenoxy) is 1. The average Bonchev–Trinajstić information content (AvgIpc) is 3.13. The zero-order valence-electron chi connectivity index (χ0n) is 12.4. The van der Waals surface area contributed by atoms with Crippen molar-refractivity contribution in [3.05, 3.63) is 47.8 Å². The number of carbonyl (C=O) groups excluding carboxylic acids is 1. The van der Waals surface area contributed by atoms with Crippen LogP contribution in [0.15, 0.2) is 36.7 Å². The summed E-state index contributed by atoms with van der Waals surface area (Å²) in [4.78, 5) is 14.4. The number of benzene rings is 1. The summed E-state index contributed by atoms with van der Waals surface area (Å²) in [7, 11) is 0. The fraction of sp³-hybridized carbons (Fsp3) is 0.353. The van der Waals surface area contributed by atoms with Gasteiger partial charge in [-0.3, -0.25) is 4.90 Å². The minimum Gasteiger partial charge on any atom is -0.365 e. The lowest BCUT2D eigenvalue weighted by Crippen LogP contribution is -2.47. The quantitative estimate of drug-likeness (QED) is 0.685. The van der Waals surface area contributed by atoms with E-state index in [1.807, 2.05) is 4.90 Å². The fourth-order valence-electron chi connectivity index (χ4n) is 3.53. The van der Waals surface area contributed by atoms with E-state index in [0.29, 0.717) is 19.7 Å². The lowest BCUT2D eigenvalue weighted by molar-refractivity contribution is -0.398. The molecule has 1 saturated heterocycles. The molecule has 0 unspecified atom stereocenters. The molecule has 3 aliphatic rings. The number of rotatable bonds is 0. The standard InChI is InChI=1S/C17H19N3O2/c1-18-10-11-20(13-18)16(21)19-8-6-17(7-9-19)15-5-3-2-4-14(15)12-22-17/h2-5,10-11,13H,1,6-9,12H2/q+2. The highest BCUT2D eigenvalue weighted by molar-refractivity contribution is 5.70. The van der Waals surface area contributed by atoms with Crippen molar-refractivity contribution < 1.29 is 18.7 Å². The van der Waals surface area contributed by atoms with Gasteiger partial charge in [0.25, 0.3) is 0 Å². The van der Waals surface area contributed by atoms with Crippen LogP contribution < -0.4 is 0 Å². The van der Waals surface area contributed by atoms with Crippen LogP contribution in [0.5, 0.6) is 0 Å². The van der Waals surface area contributed by atoms with Crippen LogP contribution in [0.2, 0.25) is 0 Å². The number of likely N-dealkylation sites (tertiary alicyclic amines) is 1. The third-order valence-electron chi connectivity index (χ3n) is 4.77. The van der Waals surface area contributed by atoms with Crippen molar-refractivity contribution in [2.45, 2.75) is 25.0 Å². The molecule has 1 fully saturated rings. The molecule has 0 saturated carbocycles. The summed E-state index contributed by atoms with van der Waals surface area (Å²) >= 11 is 0. The first kappa shape index (κ1) is 13.4. The summed E-state index contributed by atoms with van der Waals surface area (Å²) in [5, 5.41) is 0. The Kier molecular flexibility index (Phi) is 2.97. The van der Waals surface area contributed by atoms with E-state index in [1.165, 1.54) is 11.1 Å². The number of fused-ring (bicyclic) bond motifs is 2. The summed E-state index contributed by atoms with van der Waals surface area (Å²) in [5.74, 6) is 0. The molecule has 22 heavy (non-hydrogen) atoms. The molecule has 0 aliphatic carbocycles. The van der Waals surface area contributed by atoms with Crippen molar-refractivity contribution in [1.29, 1.82) is 0 Å². The van der Waals surface area contributed by atoms with Crippen molar-refractivity contribution in [1.82, 2.24) is 4.90 Å². The van der Waals surface area contributed by atoms with Crippen molar-refractivity contribution >= 4 is 19.1 Å². The van der Waals surface area contributed by atoms with E-state index < -0.39 is 0 Å². The van der Waals surface area contributed by atoms with Crippen LogP contribution in [-0.4, -0.2) is 46.2 Å². The summed E-state index contributed by atoms with van der Waals surface area (Å²) < 4.78 is 9.33. The number of hydrogen-bond donors (Lipinski definition) is 0. The third-order valence-corrected chi connectivity index (χ3v) is 4.77. The molecular formula is C17H19N3O2+2. The van der Waals surface area contributed by atoms with Gasteiger partial charge in [0.05, 0.1) is 12.2 Å². The minimum atomic E-state index is -0.198. The lowest BCUT2D eigenvalue weighted by Gasteiger charge is -2.37. The van der Waals surface area contributed by atoms with E-state index in [1.54, 1.807) is 27.9 Å². The molecule has 3 aliphatic heterocycles. The Balaban J connectivity index is 1.50. The number of amides is 2. The molecule has 0 N–H and O–H groups in total. The maximum Gasteiger partial charge on any atom is 0.505 e. The van der Waals surface area contributed by atoms with Gasteiger partial charge in [-0.2, -0.15) is 4.79 Å². The molecule has 3 heterocycles. The van der Waals surface area contributed by atoms with E-state index in [0.717, 1.165) is 12.8 Å². The zero-order chi connectivity index (χ0) is 15.2. The van der Waals surface area contributed by atoms with Gasteiger partial charge in [0.2, 0.25) is 12.4 Å². The fourth-order valence-corrected chi connectivity index (χ4v) is 3.53. The monoisotopic (exact) mass is 297 g/mol. The van der Waals surface area contributed by atoms with Gasteiger partial charge in [0.1, 0.15) is 6.72 Å². The molecule has 0 aromatic heterocycles. The van der Waals surface area contributed by atoms with Crippen LogP contribution in [0, 0.1) is 0 Å². The molecular weight excluding hydrogens is 278 g/mol. The normalized spacial score (nSPS) is 22.1. The second-order valence-electron chi connectivity index (χ2n) is 6.04. The number of carbonyl (C=O) groups is 1. The molecule has 4 rings (SSSR count). The van der Waals surface area contributed by atoms with Gasteiger partial charge < -0.3 is 4.74 Å². The summed E-state index contributed by atoms with van der Waals surface area (Å²) in [6.45, 7) is 5.86. The topological polar surface area (TPSA) is 35.6 Å². The lowest BCUT2D eigenvalue weighted by atomic mass is 9.84. The highest BCUT2D eigenvalue weighted by Crippen LogP contribution is 2.43. The van der Waals surface area contributed by atoms with E-state index in [9.17, 15) is 4.79 Å². The van der Waals surface area contributed by atoms with Gasteiger partial charge in [0, 0.05) is 13.1 Å². The van der Waals surface area contributed by atoms with Crippen LogP contribution in [0.1, 0.15) is 24.0 Å². The Morgan fingerprint density at radius 3 is 2.73 bits per heavy atom. The Morgan fingerprint density at radius 1 is 1.23 bits per heavy atom. The molecule has 1 spiro atoms. The average molecular weight is 297 g/mol. The molecule has 0 radical (unpaired) electrons. The van der Waals surface area contributed by atoms with Crippen LogP contribution in [0.3, 0.4) is 0 Å². The molecule has 2 amide bonds. The van der Waals surface area contributed by atoms with Crippen molar-refractivity contribution in [3.63, 3.8) is 0 Å². The molecule has 112 valence electrons. The van der Waals surface area contributed by atoms with Gasteiger partial charge >= 0.3 is 12.4 Å². The van der Waals surface area contributed by atoms with Crippen LogP contribution in [0.25, 0.3) is 0 Å². The third kappa shape index (κ3) is 2.01. The SMILES string of the molecule is C=[N+]1C=C[N+](C(=O)N2CCC3(CC2)OCc2ccccc23)=C1. The zero-order valence-corrected chi connectivity index (χ0v) is 12.4. The minimum absolute atomic E-state index is 0.00327. The smallest absolute Gasteiger partial charge is 0.365 e.